The lowest BCUT2D eigenvalue weighted by Gasteiger charge is -2.19. The van der Waals surface area contributed by atoms with Crippen LogP contribution >= 0.6 is 0 Å². The van der Waals surface area contributed by atoms with Crippen LogP contribution in [0.2, 0.25) is 0 Å². The summed E-state index contributed by atoms with van der Waals surface area (Å²) < 4.78 is 5.46. The van der Waals surface area contributed by atoms with Crippen LogP contribution in [-0.2, 0) is 4.79 Å². The van der Waals surface area contributed by atoms with Crippen LogP contribution < -0.4 is 15.0 Å². The molecule has 0 bridgehead atoms. The number of aromatic nitrogens is 1. The Morgan fingerprint density at radius 3 is 2.57 bits per heavy atom. The Labute approximate surface area is 175 Å². The van der Waals surface area contributed by atoms with Gasteiger partial charge < -0.3 is 15.0 Å². The maximum Gasteiger partial charge on any atom is 0.257 e. The summed E-state index contributed by atoms with van der Waals surface area (Å²) in [4.78, 5) is 31.2. The molecule has 0 aliphatic carbocycles. The van der Waals surface area contributed by atoms with Gasteiger partial charge in [-0.2, -0.15) is 0 Å². The number of nitrogens with one attached hydrogen (secondary N) is 1. The van der Waals surface area contributed by atoms with Gasteiger partial charge in [-0.15, -0.1) is 0 Å². The average molecular weight is 401 g/mol. The monoisotopic (exact) mass is 401 g/mol. The Morgan fingerprint density at radius 1 is 1.10 bits per heavy atom. The lowest BCUT2D eigenvalue weighted by Crippen LogP contribution is -2.24. The molecule has 1 N–H and O–H groups in total. The van der Waals surface area contributed by atoms with Crippen molar-refractivity contribution in [1.82, 2.24) is 4.98 Å². The fourth-order valence-electron chi connectivity index (χ4n) is 3.65. The van der Waals surface area contributed by atoms with Crippen LogP contribution in [0.5, 0.6) is 5.75 Å². The Kier molecular flexibility index (Phi) is 5.48. The van der Waals surface area contributed by atoms with E-state index < -0.39 is 0 Å². The number of hydrogen-bond acceptors (Lipinski definition) is 4. The fourth-order valence-corrected chi connectivity index (χ4v) is 3.65. The SMILES string of the molecule is COc1cc(NC(=O)c2ccc(-c3ccccc3)nc2C)ccc1N1CCCC1=O. The first-order chi connectivity index (χ1) is 14.6. The Hall–Kier alpha value is -3.67. The van der Waals surface area contributed by atoms with Gasteiger partial charge in [-0.25, -0.2) is 0 Å². The summed E-state index contributed by atoms with van der Waals surface area (Å²) in [6.45, 7) is 2.50. The predicted octanol–water partition coefficient (Wildman–Crippen LogP) is 4.44. The quantitative estimate of drug-likeness (QED) is 0.686. The molecule has 0 unspecified atom stereocenters. The highest BCUT2D eigenvalue weighted by Crippen LogP contribution is 2.34. The zero-order valence-electron chi connectivity index (χ0n) is 17.0. The van der Waals surface area contributed by atoms with E-state index in [1.807, 2.05) is 43.3 Å². The summed E-state index contributed by atoms with van der Waals surface area (Å²) in [5, 5.41) is 2.90. The van der Waals surface area contributed by atoms with Crippen molar-refractivity contribution < 1.29 is 14.3 Å². The van der Waals surface area contributed by atoms with Crippen molar-refractivity contribution in [3.8, 4) is 17.0 Å². The van der Waals surface area contributed by atoms with Gasteiger partial charge in [0.1, 0.15) is 5.75 Å². The first-order valence-corrected chi connectivity index (χ1v) is 9.89. The minimum absolute atomic E-state index is 0.0882. The second-order valence-electron chi connectivity index (χ2n) is 7.19. The minimum Gasteiger partial charge on any atom is -0.494 e. The molecule has 3 aromatic rings. The molecule has 0 spiro atoms. The van der Waals surface area contributed by atoms with Crippen molar-refractivity contribution in [3.05, 3.63) is 71.9 Å². The fraction of sp³-hybridized carbons (Fsp3) is 0.208. The highest BCUT2D eigenvalue weighted by molar-refractivity contribution is 6.05. The van der Waals surface area contributed by atoms with Crippen molar-refractivity contribution in [2.24, 2.45) is 0 Å². The molecule has 152 valence electrons. The van der Waals surface area contributed by atoms with Crippen LogP contribution in [0.15, 0.2) is 60.7 Å². The van der Waals surface area contributed by atoms with Crippen LogP contribution in [0.4, 0.5) is 11.4 Å². The molecule has 0 radical (unpaired) electrons. The molecule has 1 aliphatic heterocycles. The second-order valence-corrected chi connectivity index (χ2v) is 7.19. The van der Waals surface area contributed by atoms with E-state index >= 15 is 0 Å². The van der Waals surface area contributed by atoms with E-state index in [1.54, 1.807) is 36.3 Å². The molecule has 6 nitrogen and oxygen atoms in total. The number of rotatable bonds is 5. The van der Waals surface area contributed by atoms with Gasteiger partial charge in [0.05, 0.1) is 29.7 Å². The lowest BCUT2D eigenvalue weighted by molar-refractivity contribution is -0.117. The van der Waals surface area contributed by atoms with Crippen molar-refractivity contribution in [2.75, 3.05) is 23.9 Å². The molecule has 0 atom stereocenters. The molecular formula is C24H23N3O3. The van der Waals surface area contributed by atoms with Gasteiger partial charge in [-0.3, -0.25) is 14.6 Å². The van der Waals surface area contributed by atoms with Crippen LogP contribution in [0.1, 0.15) is 28.9 Å². The number of pyridine rings is 1. The number of aryl methyl sites for hydroxylation is 1. The third-order valence-corrected chi connectivity index (χ3v) is 5.20. The number of carbonyl (C=O) groups excluding carboxylic acids is 2. The summed E-state index contributed by atoms with van der Waals surface area (Å²) >= 11 is 0. The molecular weight excluding hydrogens is 378 g/mol. The van der Waals surface area contributed by atoms with Gasteiger partial charge in [-0.05, 0) is 37.6 Å². The largest absolute Gasteiger partial charge is 0.494 e. The molecule has 6 heteroatoms. The summed E-state index contributed by atoms with van der Waals surface area (Å²) in [7, 11) is 1.56. The molecule has 1 aliphatic rings. The molecule has 30 heavy (non-hydrogen) atoms. The summed E-state index contributed by atoms with van der Waals surface area (Å²) in [5.41, 5.74) is 4.31. The van der Waals surface area contributed by atoms with Crippen molar-refractivity contribution in [2.45, 2.75) is 19.8 Å². The van der Waals surface area contributed by atoms with Gasteiger partial charge in [-0.1, -0.05) is 30.3 Å². The topological polar surface area (TPSA) is 71.5 Å². The second kappa shape index (κ2) is 8.37. The smallest absolute Gasteiger partial charge is 0.257 e. The zero-order chi connectivity index (χ0) is 21.1. The van der Waals surface area contributed by atoms with E-state index in [4.69, 9.17) is 4.74 Å². The first-order valence-electron chi connectivity index (χ1n) is 9.89. The number of amides is 2. The molecule has 1 saturated heterocycles. The van der Waals surface area contributed by atoms with Gasteiger partial charge >= 0.3 is 0 Å². The number of carbonyl (C=O) groups is 2. The van der Waals surface area contributed by atoms with Gasteiger partial charge in [0, 0.05) is 30.3 Å². The highest BCUT2D eigenvalue weighted by atomic mass is 16.5. The van der Waals surface area contributed by atoms with E-state index in [9.17, 15) is 9.59 Å². The molecule has 2 amide bonds. The van der Waals surface area contributed by atoms with Crippen molar-refractivity contribution in [3.63, 3.8) is 0 Å². The maximum absolute atomic E-state index is 12.8. The Bertz CT molecular complexity index is 1100. The van der Waals surface area contributed by atoms with E-state index in [1.165, 1.54) is 0 Å². The van der Waals surface area contributed by atoms with Crippen LogP contribution in [0.3, 0.4) is 0 Å². The van der Waals surface area contributed by atoms with Crippen LogP contribution in [0, 0.1) is 6.92 Å². The zero-order valence-corrected chi connectivity index (χ0v) is 17.0. The van der Waals surface area contributed by atoms with Crippen LogP contribution in [0.25, 0.3) is 11.3 Å². The average Bonchev–Trinajstić information content (AvgIpc) is 3.19. The van der Waals surface area contributed by atoms with E-state index in [0.29, 0.717) is 35.7 Å². The molecule has 4 rings (SSSR count). The molecule has 0 saturated carbocycles. The standard InChI is InChI=1S/C24H23N3O3/c1-16-19(11-12-20(25-16)17-7-4-3-5-8-17)24(29)26-18-10-13-21(22(15-18)30-2)27-14-6-9-23(27)28/h3-5,7-8,10-13,15H,6,9,14H2,1-2H3,(H,26,29). The molecule has 1 fully saturated rings. The minimum atomic E-state index is -0.244. The molecule has 2 aromatic carbocycles. The third-order valence-electron chi connectivity index (χ3n) is 5.20. The van der Waals surface area contributed by atoms with E-state index in [-0.39, 0.29) is 11.8 Å². The number of nitrogens with zero attached hydrogens (tertiary/aromatic N) is 2. The van der Waals surface area contributed by atoms with Gasteiger partial charge in [0.15, 0.2) is 0 Å². The number of anilines is 2. The Balaban J connectivity index is 1.54. The van der Waals surface area contributed by atoms with Crippen molar-refractivity contribution in [1.29, 1.82) is 0 Å². The summed E-state index contributed by atoms with van der Waals surface area (Å²) in [6.07, 6.45) is 1.39. The molecule has 2 heterocycles. The van der Waals surface area contributed by atoms with Gasteiger partial charge in [0.25, 0.3) is 5.91 Å². The van der Waals surface area contributed by atoms with E-state index in [2.05, 4.69) is 10.3 Å². The predicted molar refractivity (Wildman–Crippen MR) is 117 cm³/mol. The third kappa shape index (κ3) is 3.89. The van der Waals surface area contributed by atoms with Gasteiger partial charge in [0.2, 0.25) is 5.91 Å². The van der Waals surface area contributed by atoms with Crippen molar-refractivity contribution >= 4 is 23.2 Å². The van der Waals surface area contributed by atoms with E-state index in [0.717, 1.165) is 23.4 Å². The number of benzene rings is 2. The first kappa shape index (κ1) is 19.6. The number of hydrogen-bond donors (Lipinski definition) is 1. The summed E-state index contributed by atoms with van der Waals surface area (Å²) in [6, 6.07) is 18.8. The normalized spacial score (nSPS) is 13.4. The molecule has 1 aromatic heterocycles. The highest BCUT2D eigenvalue weighted by Gasteiger charge is 2.24. The lowest BCUT2D eigenvalue weighted by atomic mass is 10.1. The number of methoxy groups -OCH3 is 1. The van der Waals surface area contributed by atoms with Crippen LogP contribution in [-0.4, -0.2) is 30.5 Å². The summed E-state index contributed by atoms with van der Waals surface area (Å²) in [5.74, 6) is 0.397. The maximum atomic E-state index is 12.8. The number of ether oxygens (including phenoxy) is 1. The Morgan fingerprint density at radius 2 is 1.90 bits per heavy atom.